The van der Waals surface area contributed by atoms with Gasteiger partial charge in [-0.3, -0.25) is 0 Å². The Morgan fingerprint density at radius 1 is 1.39 bits per heavy atom. The summed E-state index contributed by atoms with van der Waals surface area (Å²) in [7, 11) is 1.69. The number of hydrogen-bond acceptors (Lipinski definition) is 5. The van der Waals surface area contributed by atoms with Crippen molar-refractivity contribution in [1.82, 2.24) is 10.2 Å². The molecule has 3 rings (SSSR count). The largest absolute Gasteiger partial charge is 0.385 e. The third-order valence-corrected chi connectivity index (χ3v) is 7.21. The Hall–Kier alpha value is -1.38. The number of ether oxygens (including phenoxy) is 2. The number of carbonyl (C=O) groups is 1. The lowest BCUT2D eigenvalue weighted by atomic mass is 9.74. The standard InChI is InChI=1S/C25H40ClN3O4/c1-32-13-3-2-11-25(31,19-7-4-9-21(26)15-19)20-8-5-12-29(18-20)24(30)28-17-22(27)16-23-10-6-14-33-23/h4,7,9,15,20,22-23,31H,2-3,5-6,8,10-14,16-18,27H2,1H3,(H,28,30)/t20-,22-,23?,25-/m1/s1. The molecule has 2 heterocycles. The maximum absolute atomic E-state index is 12.9. The minimum absolute atomic E-state index is 0.0708. The first-order valence-corrected chi connectivity index (χ1v) is 12.7. The first kappa shape index (κ1) is 26.2. The highest BCUT2D eigenvalue weighted by atomic mass is 35.5. The van der Waals surface area contributed by atoms with Crippen molar-refractivity contribution in [2.24, 2.45) is 11.7 Å². The summed E-state index contributed by atoms with van der Waals surface area (Å²) in [5, 5.41) is 15.5. The summed E-state index contributed by atoms with van der Waals surface area (Å²) < 4.78 is 10.8. The lowest BCUT2D eigenvalue weighted by Gasteiger charge is -2.43. The maximum atomic E-state index is 12.9. The third kappa shape index (κ3) is 7.55. The third-order valence-electron chi connectivity index (χ3n) is 6.97. The van der Waals surface area contributed by atoms with Crippen LogP contribution in [0.15, 0.2) is 24.3 Å². The average Bonchev–Trinajstić information content (AvgIpc) is 3.33. The molecule has 0 aromatic heterocycles. The van der Waals surface area contributed by atoms with Gasteiger partial charge >= 0.3 is 6.03 Å². The molecule has 0 saturated carbocycles. The van der Waals surface area contributed by atoms with Crippen molar-refractivity contribution in [3.05, 3.63) is 34.9 Å². The fraction of sp³-hybridized carbons (Fsp3) is 0.720. The second-order valence-corrected chi connectivity index (χ2v) is 9.92. The van der Waals surface area contributed by atoms with E-state index in [0.717, 1.165) is 57.1 Å². The lowest BCUT2D eigenvalue weighted by Crippen LogP contribution is -2.52. The molecule has 0 spiro atoms. The normalized spacial score (nSPS) is 23.8. The van der Waals surface area contributed by atoms with Gasteiger partial charge in [0.05, 0.1) is 11.7 Å². The van der Waals surface area contributed by atoms with Gasteiger partial charge in [0.2, 0.25) is 0 Å². The van der Waals surface area contributed by atoms with Crippen LogP contribution in [0.4, 0.5) is 4.79 Å². The number of amides is 2. The Labute approximate surface area is 202 Å². The summed E-state index contributed by atoms with van der Waals surface area (Å²) in [6.45, 7) is 3.07. The van der Waals surface area contributed by atoms with Gasteiger partial charge in [0, 0.05) is 56.9 Å². The SMILES string of the molecule is COCCCC[C@@](O)(c1cccc(Cl)c1)[C@@H]1CCCN(C(=O)NC[C@H](N)CC2CCCO2)C1. The van der Waals surface area contributed by atoms with Crippen LogP contribution in [0.5, 0.6) is 0 Å². The molecule has 8 heteroatoms. The fourth-order valence-electron chi connectivity index (χ4n) is 5.12. The number of aliphatic hydroxyl groups is 1. The molecule has 2 aliphatic heterocycles. The van der Waals surface area contributed by atoms with Crippen LogP contribution in [0.25, 0.3) is 0 Å². The van der Waals surface area contributed by atoms with E-state index in [1.165, 1.54) is 0 Å². The van der Waals surface area contributed by atoms with Gasteiger partial charge in [-0.25, -0.2) is 4.79 Å². The minimum Gasteiger partial charge on any atom is -0.385 e. The molecule has 1 aromatic carbocycles. The van der Waals surface area contributed by atoms with Crippen LogP contribution in [0.3, 0.4) is 0 Å². The van der Waals surface area contributed by atoms with Crippen molar-refractivity contribution in [2.45, 2.75) is 69.1 Å². The molecule has 1 unspecified atom stereocenters. The maximum Gasteiger partial charge on any atom is 0.317 e. The average molecular weight is 482 g/mol. The molecule has 33 heavy (non-hydrogen) atoms. The van der Waals surface area contributed by atoms with Crippen LogP contribution < -0.4 is 11.1 Å². The molecule has 7 nitrogen and oxygen atoms in total. The van der Waals surface area contributed by atoms with Crippen LogP contribution >= 0.6 is 11.6 Å². The van der Waals surface area contributed by atoms with Gasteiger partial charge in [-0.1, -0.05) is 23.7 Å². The number of likely N-dealkylation sites (tertiary alicyclic amines) is 1. The van der Waals surface area contributed by atoms with E-state index in [2.05, 4.69) is 5.32 Å². The number of methoxy groups -OCH3 is 1. The van der Waals surface area contributed by atoms with E-state index in [1.54, 1.807) is 7.11 Å². The highest BCUT2D eigenvalue weighted by Gasteiger charge is 2.41. The first-order valence-electron chi connectivity index (χ1n) is 12.3. The van der Waals surface area contributed by atoms with Gasteiger partial charge < -0.3 is 30.5 Å². The van der Waals surface area contributed by atoms with Gasteiger partial charge in [-0.15, -0.1) is 0 Å². The summed E-state index contributed by atoms with van der Waals surface area (Å²) >= 11 is 6.26. The number of halogens is 1. The van der Waals surface area contributed by atoms with E-state index in [9.17, 15) is 9.90 Å². The number of hydrogen-bond donors (Lipinski definition) is 3. The van der Waals surface area contributed by atoms with E-state index in [0.29, 0.717) is 37.7 Å². The Morgan fingerprint density at radius 3 is 2.97 bits per heavy atom. The van der Waals surface area contributed by atoms with Crippen molar-refractivity contribution < 1.29 is 19.4 Å². The number of urea groups is 1. The highest BCUT2D eigenvalue weighted by molar-refractivity contribution is 6.30. The second kappa shape index (κ2) is 12.9. The minimum atomic E-state index is -1.05. The number of nitrogens with one attached hydrogen (secondary N) is 1. The Bertz CT molecular complexity index is 746. The van der Waals surface area contributed by atoms with Gasteiger partial charge in [-0.05, 0) is 69.1 Å². The zero-order valence-corrected chi connectivity index (χ0v) is 20.6. The molecular formula is C25H40ClN3O4. The molecule has 4 N–H and O–H groups in total. The lowest BCUT2D eigenvalue weighted by molar-refractivity contribution is -0.0563. The number of nitrogens with two attached hydrogens (primary N) is 1. The second-order valence-electron chi connectivity index (χ2n) is 9.49. The van der Waals surface area contributed by atoms with Crippen LogP contribution in [0.1, 0.15) is 56.9 Å². The van der Waals surface area contributed by atoms with E-state index in [-0.39, 0.29) is 24.1 Å². The molecule has 0 aliphatic carbocycles. The van der Waals surface area contributed by atoms with Gasteiger partial charge in [0.15, 0.2) is 0 Å². The Kier molecular flexibility index (Phi) is 10.3. The number of nitrogens with zero attached hydrogens (tertiary/aromatic N) is 1. The van der Waals surface area contributed by atoms with Crippen LogP contribution in [-0.4, -0.2) is 68.1 Å². The molecule has 4 atom stereocenters. The van der Waals surface area contributed by atoms with Crippen molar-refractivity contribution in [3.63, 3.8) is 0 Å². The molecule has 0 bridgehead atoms. The van der Waals surface area contributed by atoms with Crippen molar-refractivity contribution >= 4 is 17.6 Å². The summed E-state index contributed by atoms with van der Waals surface area (Å²) in [5.41, 5.74) is 5.99. The monoisotopic (exact) mass is 481 g/mol. The molecule has 1 aromatic rings. The van der Waals surface area contributed by atoms with Crippen molar-refractivity contribution in [2.75, 3.05) is 40.0 Å². The Morgan fingerprint density at radius 2 is 2.24 bits per heavy atom. The molecule has 2 aliphatic rings. The van der Waals surface area contributed by atoms with Crippen LogP contribution in [0.2, 0.25) is 5.02 Å². The number of piperidine rings is 1. The predicted octanol–water partition coefficient (Wildman–Crippen LogP) is 3.66. The smallest absolute Gasteiger partial charge is 0.317 e. The number of rotatable bonds is 11. The van der Waals surface area contributed by atoms with Crippen molar-refractivity contribution in [3.8, 4) is 0 Å². The molecule has 0 radical (unpaired) electrons. The van der Waals surface area contributed by atoms with Gasteiger partial charge in [0.25, 0.3) is 0 Å². The molecule has 2 fully saturated rings. The van der Waals surface area contributed by atoms with E-state index in [1.807, 2.05) is 29.2 Å². The first-order chi connectivity index (χ1) is 15.9. The zero-order chi connectivity index (χ0) is 23.7. The fourth-order valence-corrected chi connectivity index (χ4v) is 5.31. The van der Waals surface area contributed by atoms with Crippen LogP contribution in [-0.2, 0) is 15.1 Å². The van der Waals surface area contributed by atoms with E-state index < -0.39 is 5.60 Å². The van der Waals surface area contributed by atoms with E-state index >= 15 is 0 Å². The highest BCUT2D eigenvalue weighted by Crippen LogP contribution is 2.40. The van der Waals surface area contributed by atoms with E-state index in [4.69, 9.17) is 26.8 Å². The summed E-state index contributed by atoms with van der Waals surface area (Å²) in [5.74, 6) is -0.0708. The number of carbonyl (C=O) groups excluding carboxylic acids is 1. The van der Waals surface area contributed by atoms with Crippen LogP contribution in [0, 0.1) is 5.92 Å². The Balaban J connectivity index is 1.61. The quantitative estimate of drug-likeness (QED) is 0.419. The molecular weight excluding hydrogens is 442 g/mol. The molecule has 2 amide bonds. The van der Waals surface area contributed by atoms with Crippen molar-refractivity contribution in [1.29, 1.82) is 0 Å². The number of benzene rings is 1. The number of unbranched alkanes of at least 4 members (excludes halogenated alkanes) is 1. The summed E-state index contributed by atoms with van der Waals surface area (Å²) in [6, 6.07) is 7.24. The van der Waals surface area contributed by atoms with Gasteiger partial charge in [0.1, 0.15) is 0 Å². The van der Waals surface area contributed by atoms with Gasteiger partial charge in [-0.2, -0.15) is 0 Å². The summed E-state index contributed by atoms with van der Waals surface area (Å²) in [4.78, 5) is 14.7. The molecule has 2 saturated heterocycles. The summed E-state index contributed by atoms with van der Waals surface area (Å²) in [6.07, 6.45) is 7.11. The predicted molar refractivity (Wildman–Crippen MR) is 130 cm³/mol. The zero-order valence-electron chi connectivity index (χ0n) is 19.8. The topological polar surface area (TPSA) is 97.1 Å². The molecule has 186 valence electrons.